The maximum Gasteiger partial charge on any atom is 0.167 e. The fourth-order valence-electron chi connectivity index (χ4n) is 2.64. The molecule has 1 aromatic rings. The SMILES string of the molecule is COc1cc(F)c(F)c(C2(N)CCCCC2)c1O. The normalized spacial score (nSPS) is 18.7. The average Bonchev–Trinajstić information content (AvgIpc) is 2.34. The van der Waals surface area contributed by atoms with Gasteiger partial charge in [0.2, 0.25) is 0 Å². The maximum atomic E-state index is 13.9. The zero-order valence-corrected chi connectivity index (χ0v) is 10.3. The summed E-state index contributed by atoms with van der Waals surface area (Å²) in [5.41, 5.74) is 4.99. The summed E-state index contributed by atoms with van der Waals surface area (Å²) in [4.78, 5) is 0. The number of phenols is 1. The number of phenolic OH excluding ortho intramolecular Hbond substituents is 1. The number of ether oxygens (including phenoxy) is 1. The highest BCUT2D eigenvalue weighted by Gasteiger charge is 2.37. The molecule has 2 rings (SSSR count). The maximum absolute atomic E-state index is 13.9. The number of aromatic hydroxyl groups is 1. The van der Waals surface area contributed by atoms with Crippen molar-refractivity contribution < 1.29 is 18.6 Å². The van der Waals surface area contributed by atoms with Gasteiger partial charge in [-0.2, -0.15) is 0 Å². The van der Waals surface area contributed by atoms with E-state index in [-0.39, 0.29) is 17.1 Å². The molecule has 0 saturated heterocycles. The van der Waals surface area contributed by atoms with Crippen LogP contribution in [0.2, 0.25) is 0 Å². The summed E-state index contributed by atoms with van der Waals surface area (Å²) in [6.07, 6.45) is 3.77. The molecule has 18 heavy (non-hydrogen) atoms. The third kappa shape index (κ3) is 2.03. The predicted molar refractivity (Wildman–Crippen MR) is 63.5 cm³/mol. The highest BCUT2D eigenvalue weighted by molar-refractivity contribution is 5.50. The Balaban J connectivity index is 2.58. The largest absolute Gasteiger partial charge is 0.504 e. The molecule has 3 N–H and O–H groups in total. The van der Waals surface area contributed by atoms with Gasteiger partial charge < -0.3 is 15.6 Å². The Morgan fingerprint density at radius 1 is 1.28 bits per heavy atom. The van der Waals surface area contributed by atoms with Gasteiger partial charge in [-0.3, -0.25) is 0 Å². The topological polar surface area (TPSA) is 55.5 Å². The van der Waals surface area contributed by atoms with E-state index in [2.05, 4.69) is 0 Å². The van der Waals surface area contributed by atoms with Gasteiger partial charge in [0.25, 0.3) is 0 Å². The highest BCUT2D eigenvalue weighted by Crippen LogP contribution is 2.44. The fourth-order valence-corrected chi connectivity index (χ4v) is 2.64. The molecule has 3 nitrogen and oxygen atoms in total. The average molecular weight is 257 g/mol. The molecule has 5 heteroatoms. The van der Waals surface area contributed by atoms with Crippen molar-refractivity contribution in [2.24, 2.45) is 5.73 Å². The molecular weight excluding hydrogens is 240 g/mol. The first-order valence-corrected chi connectivity index (χ1v) is 6.04. The van der Waals surface area contributed by atoms with Crippen LogP contribution in [0.4, 0.5) is 8.78 Å². The molecule has 0 radical (unpaired) electrons. The van der Waals surface area contributed by atoms with Crippen molar-refractivity contribution in [3.05, 3.63) is 23.3 Å². The Labute approximate surface area is 105 Å². The lowest BCUT2D eigenvalue weighted by atomic mass is 9.76. The molecule has 0 aromatic heterocycles. The molecule has 0 unspecified atom stereocenters. The number of hydrogen-bond acceptors (Lipinski definition) is 3. The summed E-state index contributed by atoms with van der Waals surface area (Å²) < 4.78 is 32.3. The van der Waals surface area contributed by atoms with Crippen LogP contribution in [0.15, 0.2) is 6.07 Å². The molecule has 1 aliphatic rings. The third-order valence-electron chi connectivity index (χ3n) is 3.62. The molecule has 0 aliphatic heterocycles. The third-order valence-corrected chi connectivity index (χ3v) is 3.62. The Bertz CT molecular complexity index is 457. The zero-order valence-electron chi connectivity index (χ0n) is 10.3. The van der Waals surface area contributed by atoms with Crippen LogP contribution in [0.25, 0.3) is 0 Å². The molecule has 0 heterocycles. The Morgan fingerprint density at radius 3 is 2.44 bits per heavy atom. The lowest BCUT2D eigenvalue weighted by molar-refractivity contribution is 0.271. The predicted octanol–water partition coefficient (Wildman–Crippen LogP) is 2.80. The lowest BCUT2D eigenvalue weighted by Gasteiger charge is -2.34. The molecule has 1 aromatic carbocycles. The minimum absolute atomic E-state index is 0.0840. The summed E-state index contributed by atoms with van der Waals surface area (Å²) in [6, 6.07) is 0.834. The summed E-state index contributed by atoms with van der Waals surface area (Å²) in [6.45, 7) is 0. The summed E-state index contributed by atoms with van der Waals surface area (Å²) in [5, 5.41) is 10.00. The fraction of sp³-hybridized carbons (Fsp3) is 0.538. The van der Waals surface area contributed by atoms with E-state index >= 15 is 0 Å². The van der Waals surface area contributed by atoms with Gasteiger partial charge in [-0.1, -0.05) is 19.3 Å². The van der Waals surface area contributed by atoms with E-state index in [1.807, 2.05) is 0 Å². The van der Waals surface area contributed by atoms with Gasteiger partial charge >= 0.3 is 0 Å². The Morgan fingerprint density at radius 2 is 1.89 bits per heavy atom. The molecule has 1 saturated carbocycles. The number of methoxy groups -OCH3 is 1. The molecule has 0 amide bonds. The van der Waals surface area contributed by atoms with E-state index in [1.165, 1.54) is 7.11 Å². The van der Waals surface area contributed by atoms with Gasteiger partial charge in [0, 0.05) is 11.6 Å². The standard InChI is InChI=1S/C13H17F2NO2/c1-18-9-7-8(14)11(15)10(12(9)17)13(16)5-3-2-4-6-13/h7,17H,2-6,16H2,1H3. The number of rotatable bonds is 2. The van der Waals surface area contributed by atoms with Crippen molar-refractivity contribution in [3.63, 3.8) is 0 Å². The molecule has 0 bridgehead atoms. The summed E-state index contributed by atoms with van der Waals surface area (Å²) in [7, 11) is 1.29. The first kappa shape index (κ1) is 13.1. The second-order valence-corrected chi connectivity index (χ2v) is 4.82. The number of nitrogens with two attached hydrogens (primary N) is 1. The van der Waals surface area contributed by atoms with Gasteiger partial charge in [0.15, 0.2) is 23.1 Å². The quantitative estimate of drug-likeness (QED) is 0.856. The molecule has 1 fully saturated rings. The van der Waals surface area contributed by atoms with Crippen LogP contribution in [-0.4, -0.2) is 12.2 Å². The molecule has 100 valence electrons. The van der Waals surface area contributed by atoms with Crippen LogP contribution in [0, 0.1) is 11.6 Å². The van der Waals surface area contributed by atoms with Gasteiger partial charge in [-0.05, 0) is 12.8 Å². The van der Waals surface area contributed by atoms with E-state index in [9.17, 15) is 13.9 Å². The first-order chi connectivity index (χ1) is 8.49. The van der Waals surface area contributed by atoms with Gasteiger partial charge in [0.05, 0.1) is 12.7 Å². The number of benzene rings is 1. The number of halogens is 2. The zero-order chi connectivity index (χ0) is 13.3. The minimum atomic E-state index is -1.07. The van der Waals surface area contributed by atoms with Crippen LogP contribution in [0.1, 0.15) is 37.7 Å². The monoisotopic (exact) mass is 257 g/mol. The second-order valence-electron chi connectivity index (χ2n) is 4.82. The minimum Gasteiger partial charge on any atom is -0.504 e. The van der Waals surface area contributed by atoms with Crippen LogP contribution in [0.5, 0.6) is 11.5 Å². The van der Waals surface area contributed by atoms with Crippen molar-refractivity contribution in [3.8, 4) is 11.5 Å². The van der Waals surface area contributed by atoms with Gasteiger partial charge in [-0.15, -0.1) is 0 Å². The Hall–Kier alpha value is -1.36. The summed E-state index contributed by atoms with van der Waals surface area (Å²) in [5.74, 6) is -2.59. The smallest absolute Gasteiger partial charge is 0.167 e. The van der Waals surface area contributed by atoms with Crippen LogP contribution in [0.3, 0.4) is 0 Å². The van der Waals surface area contributed by atoms with Crippen molar-refractivity contribution in [2.75, 3.05) is 7.11 Å². The number of hydrogen-bond donors (Lipinski definition) is 2. The Kier molecular flexibility index (Phi) is 3.43. The molecular formula is C13H17F2NO2. The van der Waals surface area contributed by atoms with Gasteiger partial charge in [0.1, 0.15) is 0 Å². The van der Waals surface area contributed by atoms with Crippen molar-refractivity contribution >= 4 is 0 Å². The summed E-state index contributed by atoms with van der Waals surface area (Å²) >= 11 is 0. The highest BCUT2D eigenvalue weighted by atomic mass is 19.2. The van der Waals surface area contributed by atoms with Crippen molar-refractivity contribution in [1.82, 2.24) is 0 Å². The molecule has 0 spiro atoms. The van der Waals surface area contributed by atoms with E-state index in [0.29, 0.717) is 12.8 Å². The van der Waals surface area contributed by atoms with E-state index in [0.717, 1.165) is 25.3 Å². The van der Waals surface area contributed by atoms with E-state index < -0.39 is 17.2 Å². The van der Waals surface area contributed by atoms with Crippen molar-refractivity contribution in [2.45, 2.75) is 37.6 Å². The van der Waals surface area contributed by atoms with E-state index in [1.54, 1.807) is 0 Å². The van der Waals surface area contributed by atoms with Crippen LogP contribution in [-0.2, 0) is 5.54 Å². The second kappa shape index (κ2) is 4.72. The van der Waals surface area contributed by atoms with Crippen molar-refractivity contribution in [1.29, 1.82) is 0 Å². The van der Waals surface area contributed by atoms with Crippen LogP contribution >= 0.6 is 0 Å². The molecule has 1 aliphatic carbocycles. The molecule has 0 atom stereocenters. The lowest BCUT2D eigenvalue weighted by Crippen LogP contribution is -2.39. The van der Waals surface area contributed by atoms with E-state index in [4.69, 9.17) is 10.5 Å². The van der Waals surface area contributed by atoms with Gasteiger partial charge in [-0.25, -0.2) is 8.78 Å². The van der Waals surface area contributed by atoms with Crippen LogP contribution < -0.4 is 10.5 Å². The first-order valence-electron chi connectivity index (χ1n) is 6.04.